The van der Waals surface area contributed by atoms with E-state index in [-0.39, 0.29) is 0 Å². The monoisotopic (exact) mass is 1250 g/mol. The van der Waals surface area contributed by atoms with Crippen molar-refractivity contribution in [2.45, 2.75) is 0 Å². The highest BCUT2D eigenvalue weighted by Gasteiger charge is 2.28. The lowest BCUT2D eigenvalue weighted by molar-refractivity contribution is 0.673. The Bertz CT molecular complexity index is 6350. The van der Waals surface area contributed by atoms with Gasteiger partial charge in [0.2, 0.25) is 0 Å². The Morgan fingerprint density at radius 2 is 0.459 bits per heavy atom. The molecule has 8 heteroatoms. The summed E-state index contributed by atoms with van der Waals surface area (Å²) in [6.07, 6.45) is 0. The van der Waals surface area contributed by atoms with Crippen molar-refractivity contribution in [3.05, 3.63) is 340 Å². The summed E-state index contributed by atoms with van der Waals surface area (Å²) in [7, 11) is 0. The maximum atomic E-state index is 7.26. The van der Waals surface area contributed by atoms with Gasteiger partial charge >= 0.3 is 0 Å². The minimum atomic E-state index is 0.858. The van der Waals surface area contributed by atoms with Crippen molar-refractivity contribution in [2.75, 3.05) is 9.80 Å². The smallest absolute Gasteiger partial charge is 0.145 e. The van der Waals surface area contributed by atoms with Gasteiger partial charge < -0.3 is 36.9 Å². The summed E-state index contributed by atoms with van der Waals surface area (Å²) in [5.41, 5.74) is 22.9. The maximum Gasteiger partial charge on any atom is 0.145 e. The normalized spacial score (nSPS) is 12.1. The second kappa shape index (κ2) is 21.1. The fourth-order valence-corrected chi connectivity index (χ4v) is 16.2. The molecule has 0 saturated heterocycles. The van der Waals surface area contributed by atoms with Crippen molar-refractivity contribution in [2.24, 2.45) is 0 Å². The van der Waals surface area contributed by atoms with E-state index >= 15 is 0 Å². The molecule has 0 N–H and O–H groups in total. The summed E-state index contributed by atoms with van der Waals surface area (Å²) < 4.78 is 24.1. The number of anilines is 6. The Morgan fingerprint density at radius 1 is 0.184 bits per heavy atom. The van der Waals surface area contributed by atoms with E-state index in [1.165, 1.54) is 21.5 Å². The summed E-state index contributed by atoms with van der Waals surface area (Å²) in [4.78, 5) is 4.75. The summed E-state index contributed by atoms with van der Waals surface area (Å²) >= 11 is 0. The number of nitrogens with zero attached hydrogens (tertiary/aromatic N) is 6. The molecule has 0 aliphatic heterocycles. The Hall–Kier alpha value is -13.3. The zero-order valence-electron chi connectivity index (χ0n) is 52.8. The first-order valence-corrected chi connectivity index (χ1v) is 33.4. The van der Waals surface area contributed by atoms with Crippen LogP contribution in [0.5, 0.6) is 0 Å². The molecule has 0 aliphatic carbocycles. The zero-order chi connectivity index (χ0) is 64.1. The summed E-state index contributed by atoms with van der Waals surface area (Å²) in [5, 5.41) is 13.5. The molecule has 0 bridgehead atoms. The molecule has 0 atom stereocenters. The minimum Gasteiger partial charge on any atom is -0.455 e. The second-order valence-corrected chi connectivity index (χ2v) is 25.5. The highest BCUT2D eigenvalue weighted by atomic mass is 16.3. The Labute approximate surface area is 561 Å². The topological polar surface area (TPSA) is 52.5 Å². The molecule has 0 spiro atoms. The van der Waals surface area contributed by atoms with Gasteiger partial charge in [0.1, 0.15) is 22.3 Å². The highest BCUT2D eigenvalue weighted by molar-refractivity contribution is 6.34. The van der Waals surface area contributed by atoms with Crippen molar-refractivity contribution in [3.63, 3.8) is 0 Å². The lowest BCUT2D eigenvalue weighted by atomic mass is 10.0. The molecule has 0 amide bonds. The van der Waals surface area contributed by atoms with Gasteiger partial charge in [0, 0.05) is 111 Å². The van der Waals surface area contributed by atoms with Crippen LogP contribution in [-0.2, 0) is 0 Å². The number of para-hydroxylation sites is 8. The van der Waals surface area contributed by atoms with Crippen LogP contribution < -0.4 is 9.80 Å². The number of aromatic nitrogens is 4. The van der Waals surface area contributed by atoms with Gasteiger partial charge in [0.05, 0.1) is 54.9 Å². The fraction of sp³-hybridized carbons (Fsp3) is 0. The molecule has 21 aromatic rings. The van der Waals surface area contributed by atoms with Gasteiger partial charge in [-0.25, -0.2) is 0 Å². The Morgan fingerprint density at radius 3 is 0.827 bits per heavy atom. The quantitative estimate of drug-likeness (QED) is 0.137. The van der Waals surface area contributed by atoms with Crippen molar-refractivity contribution in [3.8, 4) is 22.7 Å². The molecule has 0 fully saturated rings. The first-order valence-electron chi connectivity index (χ1n) is 33.4. The third-order valence-electron chi connectivity index (χ3n) is 20.3. The van der Waals surface area contributed by atoms with Crippen LogP contribution in [-0.4, -0.2) is 18.3 Å². The summed E-state index contributed by atoms with van der Waals surface area (Å²) in [6, 6.07) is 122. The molecule has 0 saturated carbocycles. The van der Waals surface area contributed by atoms with E-state index in [2.05, 4.69) is 368 Å². The van der Waals surface area contributed by atoms with Crippen LogP contribution in [0.15, 0.2) is 349 Å². The molecule has 0 radical (unpaired) electrons. The molecular weight excluding hydrogens is 1200 g/mol. The standard InChI is InChI=1S/C90H56N6O2/c1-7-23-57(24-8-1)91(65-43-47-75-71(55-65)85-79(95(75)61-31-15-5-16-32-61)49-45-69-87-81(97-89(69)85)53-51-77-83(87)67-35-19-21-37-73(67)93(77)59-27-11-3-12-28-59)63-39-41-64(42-40-63)92(58-25-9-2-10-26-58)66-44-48-76-72(56-66)86-80(96(76)62-33-17-6-18-34-62)50-46-70-88-82(98-90(70)86)54-52-78-84(88)68-36-20-22-38-74(68)94(78)60-29-13-4-14-30-60/h1-56H. The van der Waals surface area contributed by atoms with Gasteiger partial charge in [-0.1, -0.05) is 146 Å². The predicted molar refractivity (Wildman–Crippen MR) is 408 cm³/mol. The molecule has 458 valence electrons. The van der Waals surface area contributed by atoms with Gasteiger partial charge in [0.25, 0.3) is 0 Å². The zero-order valence-corrected chi connectivity index (χ0v) is 52.8. The Balaban J connectivity index is 0.741. The lowest BCUT2D eigenvalue weighted by Gasteiger charge is -2.28. The van der Waals surface area contributed by atoms with Gasteiger partial charge in [-0.2, -0.15) is 0 Å². The average molecular weight is 1250 g/mol. The SMILES string of the molecule is c1ccc(N(c2ccc(N(c3ccccc3)c3ccc4c(c3)c3c5oc6ccc7c(c8ccccc8n7-c7ccccc7)c6c5ccc3n4-c3ccccc3)cc2)c2ccc3c(c2)c2c4oc5ccc6c(c7ccccc7n6-c6ccccc6)c5c4ccc2n3-c2ccccc2)cc1. The molecule has 8 nitrogen and oxygen atoms in total. The summed E-state index contributed by atoms with van der Waals surface area (Å²) in [5.74, 6) is 0. The molecule has 0 aliphatic rings. The second-order valence-electron chi connectivity index (χ2n) is 25.5. The van der Waals surface area contributed by atoms with Crippen molar-refractivity contribution in [1.82, 2.24) is 18.3 Å². The summed E-state index contributed by atoms with van der Waals surface area (Å²) in [6.45, 7) is 0. The maximum absolute atomic E-state index is 7.26. The van der Waals surface area contributed by atoms with Gasteiger partial charge in [0.15, 0.2) is 0 Å². The van der Waals surface area contributed by atoms with E-state index in [9.17, 15) is 0 Å². The van der Waals surface area contributed by atoms with E-state index in [0.717, 1.165) is 166 Å². The van der Waals surface area contributed by atoms with Crippen molar-refractivity contribution < 1.29 is 8.83 Å². The van der Waals surface area contributed by atoms with E-state index in [1.807, 2.05) is 0 Å². The molecule has 21 rings (SSSR count). The van der Waals surface area contributed by atoms with Crippen LogP contribution in [0.3, 0.4) is 0 Å². The van der Waals surface area contributed by atoms with Crippen LogP contribution in [0, 0.1) is 0 Å². The molecular formula is C90H56N6O2. The third-order valence-corrected chi connectivity index (χ3v) is 20.3. The number of fused-ring (bicyclic) bond motifs is 22. The predicted octanol–water partition coefficient (Wildman–Crippen LogP) is 24.8. The van der Waals surface area contributed by atoms with Crippen molar-refractivity contribution >= 4 is 165 Å². The number of hydrogen-bond donors (Lipinski definition) is 0. The van der Waals surface area contributed by atoms with Crippen LogP contribution in [0.25, 0.3) is 154 Å². The van der Waals surface area contributed by atoms with Gasteiger partial charge in [-0.3, -0.25) is 0 Å². The first kappa shape index (κ1) is 54.1. The highest BCUT2D eigenvalue weighted by Crippen LogP contribution is 2.50. The molecule has 6 heterocycles. The van der Waals surface area contributed by atoms with Crippen LogP contribution in [0.4, 0.5) is 34.1 Å². The van der Waals surface area contributed by atoms with E-state index in [1.54, 1.807) is 0 Å². The van der Waals surface area contributed by atoms with Crippen LogP contribution in [0.1, 0.15) is 0 Å². The third kappa shape index (κ3) is 7.88. The Kier molecular flexibility index (Phi) is 11.7. The van der Waals surface area contributed by atoms with E-state index in [4.69, 9.17) is 8.83 Å². The fourth-order valence-electron chi connectivity index (χ4n) is 16.2. The average Bonchev–Trinajstić information content (AvgIpc) is 1.55. The number of benzene rings is 15. The van der Waals surface area contributed by atoms with E-state index in [0.29, 0.717) is 0 Å². The number of hydrogen-bond acceptors (Lipinski definition) is 4. The lowest BCUT2D eigenvalue weighted by Crippen LogP contribution is -2.12. The van der Waals surface area contributed by atoms with E-state index < -0.39 is 0 Å². The van der Waals surface area contributed by atoms with Gasteiger partial charge in [-0.15, -0.1) is 0 Å². The number of rotatable bonds is 10. The molecule has 98 heavy (non-hydrogen) atoms. The molecule has 0 unspecified atom stereocenters. The minimum absolute atomic E-state index is 0.858. The first-order chi connectivity index (χ1) is 48.7. The molecule has 6 aromatic heterocycles. The largest absolute Gasteiger partial charge is 0.455 e. The van der Waals surface area contributed by atoms with Crippen molar-refractivity contribution in [1.29, 1.82) is 0 Å². The van der Waals surface area contributed by atoms with Crippen LogP contribution in [0.2, 0.25) is 0 Å². The molecule has 15 aromatic carbocycles. The van der Waals surface area contributed by atoms with Crippen LogP contribution >= 0.6 is 0 Å². The van der Waals surface area contributed by atoms with Gasteiger partial charge in [-0.05, 0) is 194 Å². The number of furan rings is 2.